The van der Waals surface area contributed by atoms with Gasteiger partial charge in [0.1, 0.15) is 12.6 Å². The first-order chi connectivity index (χ1) is 24.0. The molecule has 1 atom stereocenters. The van der Waals surface area contributed by atoms with Crippen LogP contribution in [0.25, 0.3) is 0 Å². The van der Waals surface area contributed by atoms with Gasteiger partial charge in [0.05, 0.1) is 0 Å². The second-order valence-corrected chi connectivity index (χ2v) is 13.1. The largest absolute Gasteiger partial charge is 0.480 e. The number of carbonyl (C=O) groups excluding carboxylic acids is 2. The molecule has 6 heteroatoms. The third-order valence-corrected chi connectivity index (χ3v) is 8.43. The summed E-state index contributed by atoms with van der Waals surface area (Å²) in [5.74, 6) is -1.30. The number of rotatable bonds is 35. The molecule has 0 aliphatic carbocycles. The Balaban J connectivity index is 4.33. The monoisotopic (exact) mass is 684 g/mol. The molecule has 0 aliphatic heterocycles. The molecule has 1 amide bonds. The average molecular weight is 684 g/mol. The Kier molecular flexibility index (Phi) is 35.7. The fourth-order valence-electron chi connectivity index (χ4n) is 5.50. The number of carboxylic acid groups (broad SMARTS) is 1. The predicted molar refractivity (Wildman–Crippen MR) is 208 cm³/mol. The van der Waals surface area contributed by atoms with E-state index in [0.717, 1.165) is 89.9 Å². The van der Waals surface area contributed by atoms with E-state index in [1.807, 2.05) is 0 Å². The first kappa shape index (κ1) is 46.1. The van der Waals surface area contributed by atoms with Gasteiger partial charge in [0, 0.05) is 12.8 Å². The van der Waals surface area contributed by atoms with Crippen molar-refractivity contribution in [3.63, 3.8) is 0 Å². The molecule has 6 nitrogen and oxygen atoms in total. The molecule has 0 saturated heterocycles. The van der Waals surface area contributed by atoms with Crippen molar-refractivity contribution < 1.29 is 24.2 Å². The predicted octanol–water partition coefficient (Wildman–Crippen LogP) is 12.1. The van der Waals surface area contributed by atoms with Crippen LogP contribution >= 0.6 is 0 Å². The number of ether oxygens (including phenoxy) is 1. The molecule has 0 fully saturated rings. The highest BCUT2D eigenvalue weighted by Gasteiger charge is 2.14. The number of nitrogens with one attached hydrogen (secondary N) is 1. The zero-order chi connectivity index (χ0) is 35.9. The average Bonchev–Trinajstić information content (AvgIpc) is 3.08. The van der Waals surface area contributed by atoms with Gasteiger partial charge in [-0.2, -0.15) is 0 Å². The Morgan fingerprint density at radius 2 is 1.04 bits per heavy atom. The molecule has 0 rings (SSSR count). The van der Waals surface area contributed by atoms with Crippen LogP contribution in [0.2, 0.25) is 0 Å². The molecular weight excluding hydrogens is 610 g/mol. The maximum Gasteiger partial charge on any atom is 0.322 e. The van der Waals surface area contributed by atoms with E-state index < -0.39 is 5.97 Å². The number of aliphatic carboxylic acids is 1. The molecule has 0 aliphatic rings. The van der Waals surface area contributed by atoms with Gasteiger partial charge < -0.3 is 15.2 Å². The quantitative estimate of drug-likeness (QED) is 0.0394. The van der Waals surface area contributed by atoms with Crippen molar-refractivity contribution in [2.24, 2.45) is 0 Å². The van der Waals surface area contributed by atoms with Crippen molar-refractivity contribution in [1.82, 2.24) is 5.32 Å². The minimum Gasteiger partial charge on any atom is -0.480 e. The second kappa shape index (κ2) is 37.9. The highest BCUT2D eigenvalue weighted by Crippen LogP contribution is 2.17. The van der Waals surface area contributed by atoms with Gasteiger partial charge in [-0.3, -0.25) is 14.4 Å². The summed E-state index contributed by atoms with van der Waals surface area (Å²) in [5.41, 5.74) is 0. The summed E-state index contributed by atoms with van der Waals surface area (Å²) in [6.45, 7) is 4.08. The number of carbonyl (C=O) groups is 3. The van der Waals surface area contributed by atoms with Gasteiger partial charge >= 0.3 is 11.9 Å². The van der Waals surface area contributed by atoms with Gasteiger partial charge in [-0.05, 0) is 89.9 Å². The summed E-state index contributed by atoms with van der Waals surface area (Å²) in [7, 11) is 0. The third-order valence-electron chi connectivity index (χ3n) is 8.43. The van der Waals surface area contributed by atoms with Gasteiger partial charge in [0.25, 0.3) is 0 Å². The fourth-order valence-corrected chi connectivity index (χ4v) is 5.50. The zero-order valence-corrected chi connectivity index (χ0v) is 31.5. The summed E-state index contributed by atoms with van der Waals surface area (Å²) in [6, 6.07) is 0. The van der Waals surface area contributed by atoms with E-state index in [1.165, 1.54) is 64.2 Å². The number of amides is 1. The Labute approximate surface area is 301 Å². The molecule has 1 unspecified atom stereocenters. The van der Waals surface area contributed by atoms with E-state index in [9.17, 15) is 14.4 Å². The third kappa shape index (κ3) is 37.8. The molecule has 0 radical (unpaired) electrons. The van der Waals surface area contributed by atoms with Gasteiger partial charge in [0.15, 0.2) is 0 Å². The van der Waals surface area contributed by atoms with E-state index in [0.29, 0.717) is 12.8 Å². The molecule has 2 N–H and O–H groups in total. The summed E-state index contributed by atoms with van der Waals surface area (Å²) in [4.78, 5) is 34.9. The minimum atomic E-state index is -1.02. The number of hydrogen-bond donors (Lipinski definition) is 2. The first-order valence-electron chi connectivity index (χ1n) is 19.9. The molecular formula is C43H73NO5. The minimum absolute atomic E-state index is 0.0557. The van der Waals surface area contributed by atoms with Crippen LogP contribution in [0.5, 0.6) is 0 Å². The van der Waals surface area contributed by atoms with Crippen LogP contribution in [0, 0.1) is 0 Å². The van der Waals surface area contributed by atoms with E-state index >= 15 is 0 Å². The van der Waals surface area contributed by atoms with Crippen molar-refractivity contribution in [1.29, 1.82) is 0 Å². The van der Waals surface area contributed by atoms with Crippen LogP contribution in [0.3, 0.4) is 0 Å². The Bertz CT molecular complexity index is 933. The van der Waals surface area contributed by atoms with Crippen LogP contribution in [0.15, 0.2) is 60.8 Å². The van der Waals surface area contributed by atoms with Gasteiger partial charge in [0.2, 0.25) is 5.91 Å². The lowest BCUT2D eigenvalue weighted by atomic mass is 10.0. The molecule has 0 bridgehead atoms. The second-order valence-electron chi connectivity index (χ2n) is 13.1. The molecule has 0 aromatic carbocycles. The van der Waals surface area contributed by atoms with Crippen LogP contribution in [0.1, 0.15) is 181 Å². The van der Waals surface area contributed by atoms with Crippen LogP contribution in [-0.2, 0) is 19.1 Å². The highest BCUT2D eigenvalue weighted by atomic mass is 16.5. The molecule has 0 aromatic rings. The van der Waals surface area contributed by atoms with Crippen molar-refractivity contribution in [2.45, 2.75) is 187 Å². The normalized spacial score (nSPS) is 12.7. The van der Waals surface area contributed by atoms with Gasteiger partial charge in [-0.15, -0.1) is 0 Å². The summed E-state index contributed by atoms with van der Waals surface area (Å²) in [5, 5.41) is 11.1. The van der Waals surface area contributed by atoms with Crippen molar-refractivity contribution in [3.05, 3.63) is 60.8 Å². The highest BCUT2D eigenvalue weighted by molar-refractivity contribution is 5.80. The standard InChI is InChI=1S/C43H73NO5/c1-3-5-7-9-11-13-15-17-19-21-23-25-30-34-38-43(48)49-40(36-32-28-26-29-33-37-41(45)44-39-42(46)47)35-31-27-24-22-20-18-16-14-12-10-8-6-4-2/h6,8,12,14-15,17-18,20,24,27,40H,3-5,7,9-11,13,16,19,21-23,25-26,28-39H2,1-2H3,(H,44,45)(H,46,47)/b8-6-,14-12-,17-15-,20-18-,27-24-. The number of hydrogen-bond acceptors (Lipinski definition) is 4. The topological polar surface area (TPSA) is 92.7 Å². The summed E-state index contributed by atoms with van der Waals surface area (Å²) < 4.78 is 5.97. The van der Waals surface area contributed by atoms with E-state index in [2.05, 4.69) is 79.9 Å². The smallest absolute Gasteiger partial charge is 0.322 e. The molecule has 0 spiro atoms. The summed E-state index contributed by atoms with van der Waals surface area (Å²) in [6.07, 6.45) is 49.1. The van der Waals surface area contributed by atoms with Crippen LogP contribution in [-0.4, -0.2) is 35.6 Å². The zero-order valence-electron chi connectivity index (χ0n) is 31.5. The summed E-state index contributed by atoms with van der Waals surface area (Å²) >= 11 is 0. The lowest BCUT2D eigenvalue weighted by Crippen LogP contribution is -2.28. The first-order valence-corrected chi connectivity index (χ1v) is 19.9. The molecule has 280 valence electrons. The lowest BCUT2D eigenvalue weighted by Gasteiger charge is -2.17. The van der Waals surface area contributed by atoms with E-state index in [4.69, 9.17) is 9.84 Å². The maximum absolute atomic E-state index is 12.7. The van der Waals surface area contributed by atoms with Gasteiger partial charge in [-0.1, -0.05) is 139 Å². The molecule has 0 aromatic heterocycles. The van der Waals surface area contributed by atoms with E-state index in [1.54, 1.807) is 0 Å². The van der Waals surface area contributed by atoms with Crippen molar-refractivity contribution >= 4 is 17.8 Å². The van der Waals surface area contributed by atoms with Crippen LogP contribution < -0.4 is 5.32 Å². The van der Waals surface area contributed by atoms with Gasteiger partial charge in [-0.25, -0.2) is 0 Å². The molecule has 0 heterocycles. The SMILES string of the molecule is CC/C=C\C/C=C\C/C=C\C/C=C\CCC(CCCCCCCC(=O)NCC(=O)O)OC(=O)CCCCCCC/C=C\CCCCCCC. The number of unbranched alkanes of at least 4 members (excludes halogenated alkanes) is 14. The number of allylic oxidation sites excluding steroid dienone is 10. The van der Waals surface area contributed by atoms with Crippen molar-refractivity contribution in [2.75, 3.05) is 6.54 Å². The fraction of sp³-hybridized carbons (Fsp3) is 0.698. The maximum atomic E-state index is 12.7. The lowest BCUT2D eigenvalue weighted by molar-refractivity contribution is -0.150. The van der Waals surface area contributed by atoms with Crippen molar-refractivity contribution in [3.8, 4) is 0 Å². The molecule has 0 saturated carbocycles. The Morgan fingerprint density at radius 3 is 1.63 bits per heavy atom. The number of carboxylic acids is 1. The van der Waals surface area contributed by atoms with Crippen LogP contribution in [0.4, 0.5) is 0 Å². The number of esters is 1. The molecule has 49 heavy (non-hydrogen) atoms. The Morgan fingerprint density at radius 1 is 0.551 bits per heavy atom. The Hall–Kier alpha value is -2.89. The van der Waals surface area contributed by atoms with E-state index in [-0.39, 0.29) is 24.5 Å².